The van der Waals surface area contributed by atoms with E-state index in [0.29, 0.717) is 0 Å². The quantitative estimate of drug-likeness (QED) is 0.737. The summed E-state index contributed by atoms with van der Waals surface area (Å²) in [5.74, 6) is 0. The van der Waals surface area contributed by atoms with Crippen molar-refractivity contribution in [2.75, 3.05) is 5.32 Å². The lowest BCUT2D eigenvalue weighted by atomic mass is 10.1. The van der Waals surface area contributed by atoms with Crippen LogP contribution in [0.4, 0.5) is 11.4 Å². The first-order valence-electron chi connectivity index (χ1n) is 5.98. The van der Waals surface area contributed by atoms with E-state index in [1.54, 1.807) is 0 Å². The van der Waals surface area contributed by atoms with Crippen LogP contribution >= 0.6 is 0 Å². The molecule has 18 heavy (non-hydrogen) atoms. The molecule has 0 aliphatic heterocycles. The van der Waals surface area contributed by atoms with Crippen molar-refractivity contribution in [1.82, 2.24) is 9.78 Å². The van der Waals surface area contributed by atoms with Crippen molar-refractivity contribution in [3.8, 4) is 0 Å². The number of hydrogen-bond donors (Lipinski definition) is 1. The molecule has 90 valence electrons. The van der Waals surface area contributed by atoms with Crippen molar-refractivity contribution < 1.29 is 0 Å². The van der Waals surface area contributed by atoms with Gasteiger partial charge in [-0.15, -0.1) is 0 Å². The van der Waals surface area contributed by atoms with E-state index < -0.39 is 0 Å². The smallest absolute Gasteiger partial charge is 0.0828 e. The first-order chi connectivity index (χ1) is 8.72. The van der Waals surface area contributed by atoms with Crippen molar-refractivity contribution in [2.45, 2.75) is 6.92 Å². The summed E-state index contributed by atoms with van der Waals surface area (Å²) in [4.78, 5) is 0. The van der Waals surface area contributed by atoms with Gasteiger partial charge < -0.3 is 5.32 Å². The predicted molar refractivity (Wildman–Crippen MR) is 75.2 cm³/mol. The number of nitrogens with one attached hydrogen (secondary N) is 1. The van der Waals surface area contributed by atoms with Gasteiger partial charge >= 0.3 is 0 Å². The second kappa shape index (κ2) is 4.18. The molecule has 3 heteroatoms. The molecule has 3 rings (SSSR count). The molecule has 0 saturated heterocycles. The van der Waals surface area contributed by atoms with Crippen LogP contribution < -0.4 is 5.32 Å². The Bertz CT molecular complexity index is 698. The Kier molecular flexibility index (Phi) is 2.52. The lowest BCUT2D eigenvalue weighted by molar-refractivity contribution is 0.756. The zero-order valence-electron chi connectivity index (χ0n) is 10.5. The van der Waals surface area contributed by atoms with Crippen LogP contribution in [-0.2, 0) is 7.05 Å². The summed E-state index contributed by atoms with van der Waals surface area (Å²) < 4.78 is 1.82. The van der Waals surface area contributed by atoms with E-state index in [0.717, 1.165) is 17.1 Å². The van der Waals surface area contributed by atoms with Crippen LogP contribution in [0.25, 0.3) is 10.8 Å². The number of fused-ring (bicyclic) bond motifs is 1. The molecule has 0 saturated carbocycles. The SMILES string of the molecule is Cc1nn(C)cc1Nc1ccc2ccccc2c1. The summed E-state index contributed by atoms with van der Waals surface area (Å²) in [6, 6.07) is 14.7. The Morgan fingerprint density at radius 1 is 1.06 bits per heavy atom. The van der Waals surface area contributed by atoms with Gasteiger partial charge in [-0.3, -0.25) is 4.68 Å². The minimum absolute atomic E-state index is 1.01. The number of rotatable bonds is 2. The van der Waals surface area contributed by atoms with Gasteiger partial charge in [0.05, 0.1) is 11.4 Å². The first-order valence-corrected chi connectivity index (χ1v) is 5.98. The van der Waals surface area contributed by atoms with Gasteiger partial charge in [0.1, 0.15) is 0 Å². The van der Waals surface area contributed by atoms with E-state index in [-0.39, 0.29) is 0 Å². The molecule has 1 aromatic heterocycles. The van der Waals surface area contributed by atoms with Gasteiger partial charge in [0.25, 0.3) is 0 Å². The molecule has 0 bridgehead atoms. The maximum Gasteiger partial charge on any atom is 0.0828 e. The summed E-state index contributed by atoms with van der Waals surface area (Å²) in [6.07, 6.45) is 1.99. The number of aryl methyl sites for hydroxylation is 2. The summed E-state index contributed by atoms with van der Waals surface area (Å²) in [5.41, 5.74) is 3.14. The molecule has 0 amide bonds. The summed E-state index contributed by atoms with van der Waals surface area (Å²) in [7, 11) is 1.93. The van der Waals surface area contributed by atoms with E-state index in [1.807, 2.05) is 24.9 Å². The van der Waals surface area contributed by atoms with E-state index in [9.17, 15) is 0 Å². The van der Waals surface area contributed by atoms with Gasteiger partial charge in [-0.2, -0.15) is 5.10 Å². The third-order valence-electron chi connectivity index (χ3n) is 3.04. The second-order valence-corrected chi connectivity index (χ2v) is 4.49. The van der Waals surface area contributed by atoms with Gasteiger partial charge in [-0.1, -0.05) is 30.3 Å². The third-order valence-corrected chi connectivity index (χ3v) is 3.04. The Hall–Kier alpha value is -2.29. The molecule has 1 N–H and O–H groups in total. The Labute approximate surface area is 106 Å². The van der Waals surface area contributed by atoms with E-state index in [4.69, 9.17) is 0 Å². The van der Waals surface area contributed by atoms with Gasteiger partial charge in [-0.05, 0) is 29.8 Å². The molecule has 3 aromatic rings. The fraction of sp³-hybridized carbons (Fsp3) is 0.133. The van der Waals surface area contributed by atoms with Gasteiger partial charge in [-0.25, -0.2) is 0 Å². The van der Waals surface area contributed by atoms with Gasteiger partial charge in [0.15, 0.2) is 0 Å². The van der Waals surface area contributed by atoms with Crippen molar-refractivity contribution in [1.29, 1.82) is 0 Å². The molecule has 0 aliphatic rings. The van der Waals surface area contributed by atoms with Crippen LogP contribution in [-0.4, -0.2) is 9.78 Å². The number of anilines is 2. The minimum atomic E-state index is 1.01. The van der Waals surface area contributed by atoms with Crippen LogP contribution in [0.2, 0.25) is 0 Å². The zero-order chi connectivity index (χ0) is 12.5. The lowest BCUT2D eigenvalue weighted by Crippen LogP contribution is -1.90. The lowest BCUT2D eigenvalue weighted by Gasteiger charge is -2.06. The molecule has 0 atom stereocenters. The number of aromatic nitrogens is 2. The fourth-order valence-corrected chi connectivity index (χ4v) is 2.14. The monoisotopic (exact) mass is 237 g/mol. The highest BCUT2D eigenvalue weighted by atomic mass is 15.3. The molecular formula is C15H15N3. The molecule has 1 heterocycles. The minimum Gasteiger partial charge on any atom is -0.353 e. The van der Waals surface area contributed by atoms with Gasteiger partial charge in [0, 0.05) is 18.9 Å². The number of nitrogens with zero attached hydrogens (tertiary/aromatic N) is 2. The average molecular weight is 237 g/mol. The largest absolute Gasteiger partial charge is 0.353 e. The first kappa shape index (κ1) is 10.8. The normalized spacial score (nSPS) is 10.8. The van der Waals surface area contributed by atoms with Crippen molar-refractivity contribution in [2.24, 2.45) is 7.05 Å². The van der Waals surface area contributed by atoms with Crippen LogP contribution in [0.3, 0.4) is 0 Å². The predicted octanol–water partition coefficient (Wildman–Crippen LogP) is 3.63. The number of hydrogen-bond acceptors (Lipinski definition) is 2. The van der Waals surface area contributed by atoms with E-state index >= 15 is 0 Å². The van der Waals surface area contributed by atoms with Gasteiger partial charge in [0.2, 0.25) is 0 Å². The van der Waals surface area contributed by atoms with E-state index in [2.05, 4.69) is 52.9 Å². The maximum atomic E-state index is 4.32. The van der Waals surface area contributed by atoms with Crippen molar-refractivity contribution in [3.05, 3.63) is 54.4 Å². The molecule has 0 spiro atoms. The highest BCUT2D eigenvalue weighted by Crippen LogP contribution is 2.23. The number of benzene rings is 2. The van der Waals surface area contributed by atoms with Crippen molar-refractivity contribution in [3.63, 3.8) is 0 Å². The Morgan fingerprint density at radius 2 is 1.83 bits per heavy atom. The summed E-state index contributed by atoms with van der Waals surface area (Å²) in [5, 5.41) is 10.2. The molecule has 0 aliphatic carbocycles. The molecule has 0 unspecified atom stereocenters. The van der Waals surface area contributed by atoms with Crippen LogP contribution in [0, 0.1) is 6.92 Å². The highest BCUT2D eigenvalue weighted by molar-refractivity contribution is 5.86. The molecule has 0 fully saturated rings. The molecule has 2 aromatic carbocycles. The standard InChI is InChI=1S/C15H15N3/c1-11-15(10-18(2)17-11)16-14-8-7-12-5-3-4-6-13(12)9-14/h3-10,16H,1-2H3. The van der Waals surface area contributed by atoms with Crippen LogP contribution in [0.5, 0.6) is 0 Å². The maximum absolute atomic E-state index is 4.32. The third kappa shape index (κ3) is 1.95. The van der Waals surface area contributed by atoms with Crippen molar-refractivity contribution >= 4 is 22.1 Å². The molecule has 3 nitrogen and oxygen atoms in total. The highest BCUT2D eigenvalue weighted by Gasteiger charge is 2.03. The molecule has 0 radical (unpaired) electrons. The second-order valence-electron chi connectivity index (χ2n) is 4.49. The van der Waals surface area contributed by atoms with Crippen LogP contribution in [0.1, 0.15) is 5.69 Å². The Morgan fingerprint density at radius 3 is 2.56 bits per heavy atom. The fourth-order valence-electron chi connectivity index (χ4n) is 2.14. The molecular weight excluding hydrogens is 222 g/mol. The van der Waals surface area contributed by atoms with E-state index in [1.165, 1.54) is 10.8 Å². The summed E-state index contributed by atoms with van der Waals surface area (Å²) in [6.45, 7) is 2.00. The summed E-state index contributed by atoms with van der Waals surface area (Å²) >= 11 is 0. The Balaban J connectivity index is 1.97. The zero-order valence-corrected chi connectivity index (χ0v) is 10.5. The van der Waals surface area contributed by atoms with Crippen LogP contribution in [0.15, 0.2) is 48.7 Å². The average Bonchev–Trinajstić information content (AvgIpc) is 2.68. The topological polar surface area (TPSA) is 29.9 Å².